The van der Waals surface area contributed by atoms with Gasteiger partial charge in [0.05, 0.1) is 15.4 Å². The molecule has 0 unspecified atom stereocenters. The van der Waals surface area contributed by atoms with Crippen molar-refractivity contribution < 1.29 is 0 Å². The number of benzene rings is 1. The highest BCUT2D eigenvalue weighted by Gasteiger charge is 2.02. The van der Waals surface area contributed by atoms with E-state index < -0.39 is 0 Å². The summed E-state index contributed by atoms with van der Waals surface area (Å²) in [5.74, 6) is 0.985. The minimum atomic E-state index is 0.846. The average molecular weight is 324 g/mol. The number of imidazole rings is 1. The number of fused-ring (bicyclic) bond motifs is 1. The van der Waals surface area contributed by atoms with Crippen LogP contribution in [0.4, 0.5) is 0 Å². The molecular formula is C14H14ClN3S2. The third kappa shape index (κ3) is 3.55. The maximum absolute atomic E-state index is 5.89. The summed E-state index contributed by atoms with van der Waals surface area (Å²) < 4.78 is 0.846. The number of halogens is 1. The molecule has 0 spiro atoms. The van der Waals surface area contributed by atoms with Gasteiger partial charge >= 0.3 is 0 Å². The fraction of sp³-hybridized carbons (Fsp3) is 0.214. The summed E-state index contributed by atoms with van der Waals surface area (Å²) in [4.78, 5) is 9.12. The van der Waals surface area contributed by atoms with Gasteiger partial charge in [-0.25, -0.2) is 4.98 Å². The van der Waals surface area contributed by atoms with Crippen molar-refractivity contribution in [3.8, 4) is 0 Å². The van der Waals surface area contributed by atoms with Gasteiger partial charge in [-0.1, -0.05) is 35.5 Å². The van der Waals surface area contributed by atoms with E-state index in [1.165, 1.54) is 4.88 Å². The molecule has 2 heterocycles. The minimum Gasteiger partial charge on any atom is -0.333 e. The third-order valence-electron chi connectivity index (χ3n) is 2.81. The molecular weight excluding hydrogens is 310 g/mol. The van der Waals surface area contributed by atoms with Gasteiger partial charge in [0.2, 0.25) is 0 Å². The van der Waals surface area contributed by atoms with E-state index in [-0.39, 0.29) is 0 Å². The van der Waals surface area contributed by atoms with Gasteiger partial charge < -0.3 is 10.3 Å². The van der Waals surface area contributed by atoms with Crippen LogP contribution in [-0.2, 0) is 6.54 Å². The van der Waals surface area contributed by atoms with Crippen LogP contribution in [0.2, 0.25) is 4.34 Å². The number of aromatic nitrogens is 2. The Morgan fingerprint density at radius 3 is 2.95 bits per heavy atom. The van der Waals surface area contributed by atoms with Crippen molar-refractivity contribution in [2.45, 2.75) is 11.7 Å². The van der Waals surface area contributed by atoms with E-state index >= 15 is 0 Å². The zero-order chi connectivity index (χ0) is 13.8. The van der Waals surface area contributed by atoms with Crippen LogP contribution in [0.15, 0.2) is 41.6 Å². The molecule has 0 saturated heterocycles. The molecule has 0 fully saturated rings. The van der Waals surface area contributed by atoms with Crippen LogP contribution in [0.1, 0.15) is 4.88 Å². The predicted molar refractivity (Wildman–Crippen MR) is 87.9 cm³/mol. The summed E-state index contributed by atoms with van der Waals surface area (Å²) in [7, 11) is 0. The fourth-order valence-corrected chi connectivity index (χ4v) is 3.72. The van der Waals surface area contributed by atoms with Gasteiger partial charge in [-0.05, 0) is 24.3 Å². The molecule has 0 bridgehead atoms. The average Bonchev–Trinajstić information content (AvgIpc) is 3.04. The Bertz CT molecular complexity index is 659. The molecule has 0 saturated carbocycles. The Morgan fingerprint density at radius 2 is 2.15 bits per heavy atom. The monoisotopic (exact) mass is 323 g/mol. The Kier molecular flexibility index (Phi) is 4.62. The summed E-state index contributed by atoms with van der Waals surface area (Å²) in [6.45, 7) is 1.81. The van der Waals surface area contributed by atoms with Crippen LogP contribution >= 0.6 is 34.7 Å². The lowest BCUT2D eigenvalue weighted by Gasteiger charge is -2.01. The van der Waals surface area contributed by atoms with E-state index in [0.717, 1.165) is 39.4 Å². The number of hydrogen-bond donors (Lipinski definition) is 2. The SMILES string of the molecule is Clc1ccc(CNCCSc2nc3ccccc3[nH]2)s1. The topological polar surface area (TPSA) is 40.7 Å². The number of para-hydroxylation sites is 2. The number of hydrogen-bond acceptors (Lipinski definition) is 4. The molecule has 6 heteroatoms. The largest absolute Gasteiger partial charge is 0.333 e. The first-order chi connectivity index (χ1) is 9.81. The third-order valence-corrected chi connectivity index (χ3v) is 4.92. The number of thioether (sulfide) groups is 1. The lowest BCUT2D eigenvalue weighted by molar-refractivity contribution is 0.740. The van der Waals surface area contributed by atoms with E-state index in [9.17, 15) is 0 Å². The number of aromatic amines is 1. The van der Waals surface area contributed by atoms with E-state index in [1.807, 2.05) is 30.3 Å². The highest BCUT2D eigenvalue weighted by molar-refractivity contribution is 7.99. The van der Waals surface area contributed by atoms with E-state index in [0.29, 0.717) is 0 Å². The van der Waals surface area contributed by atoms with Crippen molar-refractivity contribution in [3.05, 3.63) is 45.6 Å². The van der Waals surface area contributed by atoms with Gasteiger partial charge in [-0.3, -0.25) is 0 Å². The number of thiophene rings is 1. The molecule has 3 rings (SSSR count). The fourth-order valence-electron chi connectivity index (χ4n) is 1.88. The Hall–Kier alpha value is -1.01. The second-order valence-corrected chi connectivity index (χ2v) is 7.17. The van der Waals surface area contributed by atoms with Crippen molar-refractivity contribution in [2.75, 3.05) is 12.3 Å². The van der Waals surface area contributed by atoms with Crippen molar-refractivity contribution in [3.63, 3.8) is 0 Å². The molecule has 0 aliphatic carbocycles. The first-order valence-electron chi connectivity index (χ1n) is 6.34. The smallest absolute Gasteiger partial charge is 0.166 e. The summed E-state index contributed by atoms with van der Waals surface area (Å²) in [6.07, 6.45) is 0. The lowest BCUT2D eigenvalue weighted by Crippen LogP contribution is -2.15. The number of rotatable bonds is 6. The molecule has 2 aromatic heterocycles. The second-order valence-electron chi connectivity index (χ2n) is 4.29. The van der Waals surface area contributed by atoms with Crippen LogP contribution in [0.25, 0.3) is 11.0 Å². The highest BCUT2D eigenvalue weighted by Crippen LogP contribution is 2.21. The summed E-state index contributed by atoms with van der Waals surface area (Å²) in [5.41, 5.74) is 2.12. The summed E-state index contributed by atoms with van der Waals surface area (Å²) in [6, 6.07) is 12.1. The summed E-state index contributed by atoms with van der Waals surface area (Å²) in [5, 5.41) is 4.39. The van der Waals surface area contributed by atoms with Crippen molar-refractivity contribution in [1.29, 1.82) is 0 Å². The Morgan fingerprint density at radius 1 is 1.25 bits per heavy atom. The molecule has 3 nitrogen and oxygen atoms in total. The zero-order valence-electron chi connectivity index (χ0n) is 10.7. The normalized spacial score (nSPS) is 11.2. The van der Waals surface area contributed by atoms with Crippen molar-refractivity contribution in [2.24, 2.45) is 0 Å². The first kappa shape index (κ1) is 13.9. The molecule has 0 radical (unpaired) electrons. The standard InChI is InChI=1S/C14H14ClN3S2/c15-13-6-5-10(20-13)9-16-7-8-19-14-17-11-3-1-2-4-12(11)18-14/h1-6,16H,7-9H2,(H,17,18). The molecule has 0 aliphatic rings. The quantitative estimate of drug-likeness (QED) is 0.528. The van der Waals surface area contributed by atoms with E-state index in [1.54, 1.807) is 23.1 Å². The molecule has 1 aromatic carbocycles. The minimum absolute atomic E-state index is 0.846. The number of nitrogens with one attached hydrogen (secondary N) is 2. The van der Waals surface area contributed by atoms with Gasteiger partial charge in [0.25, 0.3) is 0 Å². The van der Waals surface area contributed by atoms with Gasteiger partial charge in [-0.2, -0.15) is 0 Å². The molecule has 0 atom stereocenters. The molecule has 20 heavy (non-hydrogen) atoms. The van der Waals surface area contributed by atoms with Crippen LogP contribution in [0.5, 0.6) is 0 Å². The van der Waals surface area contributed by atoms with Crippen LogP contribution in [-0.4, -0.2) is 22.3 Å². The van der Waals surface area contributed by atoms with Crippen molar-refractivity contribution >= 4 is 45.7 Å². The van der Waals surface area contributed by atoms with E-state index in [4.69, 9.17) is 11.6 Å². The molecule has 2 N–H and O–H groups in total. The lowest BCUT2D eigenvalue weighted by atomic mass is 10.3. The molecule has 3 aromatic rings. The Labute approximate surface area is 130 Å². The maximum atomic E-state index is 5.89. The maximum Gasteiger partial charge on any atom is 0.166 e. The molecule has 104 valence electrons. The molecule has 0 aliphatic heterocycles. The van der Waals surface area contributed by atoms with Gasteiger partial charge in [0, 0.05) is 23.7 Å². The summed E-state index contributed by atoms with van der Waals surface area (Å²) >= 11 is 9.25. The first-order valence-corrected chi connectivity index (χ1v) is 8.52. The second kappa shape index (κ2) is 6.63. The van der Waals surface area contributed by atoms with Crippen LogP contribution < -0.4 is 5.32 Å². The van der Waals surface area contributed by atoms with E-state index in [2.05, 4.69) is 21.4 Å². The van der Waals surface area contributed by atoms with Gasteiger partial charge in [-0.15, -0.1) is 11.3 Å². The highest BCUT2D eigenvalue weighted by atomic mass is 35.5. The number of H-pyrrole nitrogens is 1. The van der Waals surface area contributed by atoms with Crippen molar-refractivity contribution in [1.82, 2.24) is 15.3 Å². The van der Waals surface area contributed by atoms with Crippen LogP contribution in [0, 0.1) is 0 Å². The van der Waals surface area contributed by atoms with Gasteiger partial charge in [0.15, 0.2) is 5.16 Å². The van der Waals surface area contributed by atoms with Crippen LogP contribution in [0.3, 0.4) is 0 Å². The molecule has 0 amide bonds. The zero-order valence-corrected chi connectivity index (χ0v) is 13.1. The van der Waals surface area contributed by atoms with Gasteiger partial charge in [0.1, 0.15) is 0 Å². The predicted octanol–water partition coefficient (Wildman–Crippen LogP) is 4.16. The Balaban J connectivity index is 1.43. The number of nitrogens with zero attached hydrogens (tertiary/aromatic N) is 1.